The van der Waals surface area contributed by atoms with Crippen LogP contribution in [0.2, 0.25) is 0 Å². The van der Waals surface area contributed by atoms with Gasteiger partial charge in [-0.25, -0.2) is 0 Å². The molecule has 5 aliphatic rings. The molecule has 2 amide bonds. The van der Waals surface area contributed by atoms with Gasteiger partial charge >= 0.3 is 0 Å². The summed E-state index contributed by atoms with van der Waals surface area (Å²) in [6, 6.07) is 11.2. The number of hydrogen-bond donors (Lipinski definition) is 2. The van der Waals surface area contributed by atoms with E-state index in [1.165, 1.54) is 44.7 Å². The molecule has 0 atom stereocenters. The molecule has 0 radical (unpaired) electrons. The molecule has 2 aromatic heterocycles. The highest BCUT2D eigenvalue weighted by molar-refractivity contribution is 5.96. The third-order valence-corrected chi connectivity index (χ3v) is 10.7. The number of amides is 2. The van der Waals surface area contributed by atoms with Gasteiger partial charge < -0.3 is 20.2 Å². The van der Waals surface area contributed by atoms with E-state index in [9.17, 15) is 14.7 Å². The number of pyridine rings is 1. The summed E-state index contributed by atoms with van der Waals surface area (Å²) in [5.41, 5.74) is 3.76. The highest BCUT2D eigenvalue weighted by Crippen LogP contribution is 2.59. The average molecular weight is 609 g/mol. The molecule has 1 aliphatic heterocycles. The van der Waals surface area contributed by atoms with Gasteiger partial charge in [0.2, 0.25) is 0 Å². The third-order valence-electron chi connectivity index (χ3n) is 10.7. The van der Waals surface area contributed by atoms with Crippen molar-refractivity contribution in [2.24, 2.45) is 23.2 Å². The van der Waals surface area contributed by atoms with Crippen molar-refractivity contribution >= 4 is 17.6 Å². The third kappa shape index (κ3) is 6.14. The van der Waals surface area contributed by atoms with Crippen molar-refractivity contribution in [1.82, 2.24) is 25.4 Å². The van der Waals surface area contributed by atoms with Crippen molar-refractivity contribution < 1.29 is 14.7 Å². The molecule has 1 saturated heterocycles. The number of aromatic hydroxyl groups is 1. The Bertz CT molecular complexity index is 1550. The Kier molecular flexibility index (Phi) is 7.53. The highest BCUT2D eigenvalue weighted by Gasteiger charge is 2.50. The highest BCUT2D eigenvalue weighted by atomic mass is 16.3. The van der Waals surface area contributed by atoms with Crippen molar-refractivity contribution in [3.63, 3.8) is 0 Å². The summed E-state index contributed by atoms with van der Waals surface area (Å²) in [7, 11) is 0. The maximum atomic E-state index is 13.7. The minimum absolute atomic E-state index is 0.0211. The van der Waals surface area contributed by atoms with Crippen molar-refractivity contribution in [3.8, 4) is 16.9 Å². The first-order valence-corrected chi connectivity index (χ1v) is 16.5. The molecule has 4 aliphatic carbocycles. The van der Waals surface area contributed by atoms with Gasteiger partial charge in [-0.05, 0) is 109 Å². The molecule has 236 valence electrons. The van der Waals surface area contributed by atoms with Gasteiger partial charge in [-0.2, -0.15) is 0 Å². The van der Waals surface area contributed by atoms with E-state index in [2.05, 4.69) is 52.2 Å². The van der Waals surface area contributed by atoms with Gasteiger partial charge in [0.1, 0.15) is 5.75 Å². The van der Waals surface area contributed by atoms with Gasteiger partial charge in [0.25, 0.3) is 11.8 Å². The van der Waals surface area contributed by atoms with Gasteiger partial charge in [-0.15, -0.1) is 10.2 Å². The summed E-state index contributed by atoms with van der Waals surface area (Å²) in [4.78, 5) is 34.9. The van der Waals surface area contributed by atoms with Crippen LogP contribution >= 0.6 is 0 Å². The average Bonchev–Trinajstić information content (AvgIpc) is 3.02. The SMILES string of the molecule is CC(C)(C)c1cc(C(=O)N2CCN(c3ccc(C(=O)NCC45CC6CC(CC(C6)C4)C5)nn3)CC2)cc(-c2cncc(O)c2)c1. The molecule has 1 aromatic carbocycles. The molecule has 4 bridgehead atoms. The Morgan fingerprint density at radius 3 is 2.18 bits per heavy atom. The fourth-order valence-electron chi connectivity index (χ4n) is 8.74. The van der Waals surface area contributed by atoms with Crippen molar-refractivity contribution in [2.75, 3.05) is 37.6 Å². The van der Waals surface area contributed by atoms with E-state index in [-0.39, 0.29) is 28.4 Å². The molecule has 4 saturated carbocycles. The van der Waals surface area contributed by atoms with Gasteiger partial charge in [0, 0.05) is 50.0 Å². The lowest BCUT2D eigenvalue weighted by atomic mass is 9.49. The summed E-state index contributed by atoms with van der Waals surface area (Å²) >= 11 is 0. The lowest BCUT2D eigenvalue weighted by molar-refractivity contribution is -0.0503. The molecule has 2 N–H and O–H groups in total. The van der Waals surface area contributed by atoms with Crippen molar-refractivity contribution in [2.45, 2.75) is 64.7 Å². The first kappa shape index (κ1) is 29.7. The normalized spacial score (nSPS) is 25.8. The summed E-state index contributed by atoms with van der Waals surface area (Å²) in [6.45, 7) is 9.48. The zero-order valence-corrected chi connectivity index (χ0v) is 26.6. The summed E-state index contributed by atoms with van der Waals surface area (Å²) in [5, 5.41) is 21.9. The zero-order valence-electron chi connectivity index (χ0n) is 26.6. The Morgan fingerprint density at radius 1 is 0.889 bits per heavy atom. The Morgan fingerprint density at radius 2 is 1.58 bits per heavy atom. The van der Waals surface area contributed by atoms with Gasteiger partial charge in [-0.3, -0.25) is 14.6 Å². The number of anilines is 1. The fraction of sp³-hybridized carbons (Fsp3) is 0.528. The van der Waals surface area contributed by atoms with Crippen LogP contribution in [0, 0.1) is 23.2 Å². The van der Waals surface area contributed by atoms with Crippen molar-refractivity contribution in [3.05, 3.63) is 65.6 Å². The number of aromatic nitrogens is 3. The number of hydrogen-bond acceptors (Lipinski definition) is 7. The number of piperazine rings is 1. The number of rotatable bonds is 6. The lowest BCUT2D eigenvalue weighted by Gasteiger charge is -2.56. The van der Waals surface area contributed by atoms with E-state index in [1.807, 2.05) is 23.1 Å². The van der Waals surface area contributed by atoms with E-state index < -0.39 is 0 Å². The Labute approximate surface area is 265 Å². The van der Waals surface area contributed by atoms with Crippen LogP contribution in [-0.2, 0) is 5.41 Å². The fourth-order valence-corrected chi connectivity index (χ4v) is 8.74. The molecule has 0 spiro atoms. The second kappa shape index (κ2) is 11.4. The van der Waals surface area contributed by atoms with E-state index in [1.54, 1.807) is 18.3 Å². The number of carbonyl (C=O) groups is 2. The largest absolute Gasteiger partial charge is 0.506 e. The van der Waals surface area contributed by atoms with Gasteiger partial charge in [-0.1, -0.05) is 26.8 Å². The van der Waals surface area contributed by atoms with Crippen LogP contribution in [0.4, 0.5) is 5.82 Å². The summed E-state index contributed by atoms with van der Waals surface area (Å²) in [6.07, 6.45) is 11.1. The van der Waals surface area contributed by atoms with Crippen LogP contribution < -0.4 is 10.2 Å². The maximum absolute atomic E-state index is 13.7. The number of carbonyl (C=O) groups excluding carboxylic acids is 2. The topological polar surface area (TPSA) is 112 Å². The number of benzene rings is 1. The standard InChI is InChI=1S/C36H44N6O3/c1-35(2,3)29-14-26(28-16-30(43)21-37-20-28)13-27(15-29)34(45)42-8-6-41(7-9-42)32-5-4-31(39-40-32)33(44)38-22-36-17-23-10-24(18-36)12-25(11-23)19-36/h4-5,13-16,20-21,23-25,43H,6-12,17-19,22H2,1-3H3,(H,38,44). The van der Waals surface area contributed by atoms with E-state index >= 15 is 0 Å². The van der Waals surface area contributed by atoms with Crippen molar-refractivity contribution in [1.29, 1.82) is 0 Å². The monoisotopic (exact) mass is 608 g/mol. The quantitative estimate of drug-likeness (QED) is 0.383. The van der Waals surface area contributed by atoms with Crippen LogP contribution in [0.1, 0.15) is 85.7 Å². The minimum Gasteiger partial charge on any atom is -0.506 e. The number of nitrogens with one attached hydrogen (secondary N) is 1. The molecule has 5 fully saturated rings. The molecule has 3 heterocycles. The van der Waals surface area contributed by atoms with Crippen LogP contribution in [0.5, 0.6) is 5.75 Å². The van der Waals surface area contributed by atoms with Gasteiger partial charge in [0.05, 0.1) is 6.20 Å². The van der Waals surface area contributed by atoms with Gasteiger partial charge in [0.15, 0.2) is 11.5 Å². The van der Waals surface area contributed by atoms with E-state index in [4.69, 9.17) is 0 Å². The Hall–Kier alpha value is -4.01. The number of nitrogens with zero attached hydrogens (tertiary/aromatic N) is 5. The molecular formula is C36H44N6O3. The molecule has 9 heteroatoms. The molecular weight excluding hydrogens is 564 g/mol. The first-order valence-electron chi connectivity index (χ1n) is 16.5. The molecule has 9 nitrogen and oxygen atoms in total. The van der Waals surface area contributed by atoms with E-state index in [0.717, 1.165) is 41.0 Å². The second-order valence-electron chi connectivity index (χ2n) is 15.1. The summed E-state index contributed by atoms with van der Waals surface area (Å²) < 4.78 is 0. The maximum Gasteiger partial charge on any atom is 0.271 e. The van der Waals surface area contributed by atoms with Crippen LogP contribution in [-0.4, -0.2) is 69.7 Å². The van der Waals surface area contributed by atoms with Crippen LogP contribution in [0.25, 0.3) is 11.1 Å². The second-order valence-corrected chi connectivity index (χ2v) is 15.1. The molecule has 8 rings (SSSR count). The summed E-state index contributed by atoms with van der Waals surface area (Å²) in [5.74, 6) is 3.22. The minimum atomic E-state index is -0.162. The molecule has 0 unspecified atom stereocenters. The Balaban J connectivity index is 0.972. The zero-order chi connectivity index (χ0) is 31.3. The molecule has 3 aromatic rings. The van der Waals surface area contributed by atoms with E-state index in [0.29, 0.717) is 43.3 Å². The predicted molar refractivity (Wildman–Crippen MR) is 173 cm³/mol. The lowest BCUT2D eigenvalue weighted by Crippen LogP contribution is -2.51. The smallest absolute Gasteiger partial charge is 0.271 e. The van der Waals surface area contributed by atoms with Crippen LogP contribution in [0.3, 0.4) is 0 Å². The molecule has 45 heavy (non-hydrogen) atoms. The predicted octanol–water partition coefficient (Wildman–Crippen LogP) is 5.45. The van der Waals surface area contributed by atoms with Crippen LogP contribution in [0.15, 0.2) is 48.8 Å². The first-order chi connectivity index (χ1) is 21.5.